The van der Waals surface area contributed by atoms with Gasteiger partial charge in [-0.3, -0.25) is 0 Å². The van der Waals surface area contributed by atoms with E-state index in [0.29, 0.717) is 0 Å². The molecule has 0 amide bonds. The quantitative estimate of drug-likeness (QED) is 0.646. The van der Waals surface area contributed by atoms with Crippen molar-refractivity contribution in [3.63, 3.8) is 0 Å². The molecule has 0 heterocycles. The van der Waals surface area contributed by atoms with Gasteiger partial charge in [-0.1, -0.05) is 12.1 Å². The van der Waals surface area contributed by atoms with Crippen molar-refractivity contribution in [1.29, 1.82) is 1.43 Å². The van der Waals surface area contributed by atoms with Gasteiger partial charge >= 0.3 is 5.97 Å². The molecular weight excluding hydrogens is 132 g/mol. The van der Waals surface area contributed by atoms with Crippen molar-refractivity contribution < 1.29 is 15.0 Å². The average molecular weight is 140 g/mol. The van der Waals surface area contributed by atoms with Gasteiger partial charge in [0.05, 0.1) is 0 Å². The fraction of sp³-hybridized carbons (Fsp3) is 0. The Hall–Kier alpha value is -1.51. The number of rotatable bonds is 2. The molecule has 1 aromatic rings. The Labute approximate surface area is 59.0 Å². The van der Waals surface area contributed by atoms with E-state index in [9.17, 15) is 4.79 Å². The topological polar surface area (TPSA) is 57.5 Å². The lowest BCUT2D eigenvalue weighted by molar-refractivity contribution is 0.0694. The molecule has 0 spiro atoms. The van der Waals surface area contributed by atoms with Crippen molar-refractivity contribution in [3.05, 3.63) is 29.8 Å². The zero-order valence-electron chi connectivity index (χ0n) is 6.07. The van der Waals surface area contributed by atoms with E-state index in [1.807, 2.05) is 0 Å². The maximum absolute atomic E-state index is 10.4. The van der Waals surface area contributed by atoms with Crippen LogP contribution in [0, 0.1) is 0 Å². The Balaban J connectivity index is 3.12. The van der Waals surface area contributed by atoms with Crippen LogP contribution in [0.2, 0.25) is 0 Å². The molecule has 0 radical (unpaired) electrons. The van der Waals surface area contributed by atoms with Gasteiger partial charge in [-0.2, -0.15) is 0 Å². The molecule has 0 aliphatic heterocycles. The Morgan fingerprint density at radius 1 is 1.50 bits per heavy atom. The fourth-order valence-electron chi connectivity index (χ4n) is 0.643. The van der Waals surface area contributed by atoms with Crippen LogP contribution in [0.4, 0.5) is 0 Å². The average Bonchev–Trinajstić information content (AvgIpc) is 2.04. The summed E-state index contributed by atoms with van der Waals surface area (Å²) < 4.78 is 6.51. The van der Waals surface area contributed by atoms with Crippen molar-refractivity contribution in [2.24, 2.45) is 0 Å². The standard InChI is InChI=1S/C7H6O3/c8-6-4-2-1-3-5(6)7(9)10/h1-4,8H,(H,9,10)/i/hT. The van der Waals surface area contributed by atoms with Gasteiger partial charge in [0.25, 0.3) is 1.43 Å². The molecule has 0 aliphatic rings. The number of carboxylic acids is 1. The Morgan fingerprint density at radius 2 is 2.20 bits per heavy atom. The Kier molecular flexibility index (Phi) is 1.26. The third-order valence-corrected chi connectivity index (χ3v) is 1.12. The highest BCUT2D eigenvalue weighted by molar-refractivity contribution is 5.90. The second-order valence-electron chi connectivity index (χ2n) is 1.80. The number of carbonyl (C=O) groups is 1. The van der Waals surface area contributed by atoms with E-state index in [1.54, 1.807) is 12.1 Å². The molecule has 0 aromatic heterocycles. The number of hydrogen-bond acceptors (Lipinski definition) is 2. The van der Waals surface area contributed by atoms with Crippen molar-refractivity contribution in [1.82, 2.24) is 0 Å². The Morgan fingerprint density at radius 3 is 2.70 bits per heavy atom. The lowest BCUT2D eigenvalue weighted by Crippen LogP contribution is -1.95. The number of phenols is 1. The first-order chi connectivity index (χ1) is 5.25. The van der Waals surface area contributed by atoms with Crippen LogP contribution in [0.1, 0.15) is 10.4 Å². The molecule has 0 aliphatic carbocycles. The maximum Gasteiger partial charge on any atom is 0.339 e. The van der Waals surface area contributed by atoms with Crippen LogP contribution < -0.4 is 0 Å². The SMILES string of the molecule is [3H]Oc1ccccc1C(=O)O. The highest BCUT2D eigenvalue weighted by Crippen LogP contribution is 2.14. The van der Waals surface area contributed by atoms with E-state index in [0.717, 1.165) is 0 Å². The summed E-state index contributed by atoms with van der Waals surface area (Å²) >= 11 is 0. The van der Waals surface area contributed by atoms with Gasteiger partial charge in [-0.05, 0) is 12.1 Å². The van der Waals surface area contributed by atoms with Crippen molar-refractivity contribution in [2.45, 2.75) is 0 Å². The minimum absolute atomic E-state index is 0.00231. The van der Waals surface area contributed by atoms with Gasteiger partial charge < -0.3 is 10.2 Å². The molecule has 0 saturated heterocycles. The van der Waals surface area contributed by atoms with Gasteiger partial charge in [-0.15, -0.1) is 0 Å². The zero-order chi connectivity index (χ0) is 8.27. The van der Waals surface area contributed by atoms with Gasteiger partial charge in [0.2, 0.25) is 0 Å². The summed E-state index contributed by atoms with van der Waals surface area (Å²) in [6.45, 7) is 0. The normalized spacial score (nSPS) is 10.2. The van der Waals surface area contributed by atoms with Crippen LogP contribution >= 0.6 is 0 Å². The van der Waals surface area contributed by atoms with E-state index in [4.69, 9.17) is 6.54 Å². The van der Waals surface area contributed by atoms with Gasteiger partial charge in [0, 0.05) is 0 Å². The molecule has 0 saturated carbocycles. The summed E-state index contributed by atoms with van der Waals surface area (Å²) in [5, 5.41) is 12.6. The molecule has 1 aromatic carbocycles. The van der Waals surface area contributed by atoms with E-state index >= 15 is 0 Å². The highest BCUT2D eigenvalue weighted by atomic mass is 16.4. The van der Waals surface area contributed by atoms with Crippen LogP contribution in [0.5, 0.6) is 5.75 Å². The molecule has 0 atom stereocenters. The van der Waals surface area contributed by atoms with E-state index in [1.165, 1.54) is 12.1 Å². The fourth-order valence-corrected chi connectivity index (χ4v) is 0.643. The minimum atomic E-state index is -1.09. The molecular formula is C7H6O3. The number of aromatic hydroxyl groups is 1. The monoisotopic (exact) mass is 140 g/mol. The van der Waals surface area contributed by atoms with Crippen LogP contribution in [-0.2, 0) is 0 Å². The number of hydrogen-bond donors (Lipinski definition) is 2. The summed E-state index contributed by atoms with van der Waals surface area (Å²) in [4.78, 5) is 10.4. The van der Waals surface area contributed by atoms with Crippen molar-refractivity contribution in [3.8, 4) is 5.75 Å². The van der Waals surface area contributed by atoms with Crippen molar-refractivity contribution >= 4 is 5.97 Å². The third-order valence-electron chi connectivity index (χ3n) is 1.12. The molecule has 52 valence electrons. The second kappa shape index (κ2) is 2.39. The number of aromatic carboxylic acids is 1. The smallest absolute Gasteiger partial charge is 0.339 e. The first-order valence-corrected chi connectivity index (χ1v) is 2.71. The van der Waals surface area contributed by atoms with Gasteiger partial charge in [-0.25, -0.2) is 4.79 Å². The summed E-state index contributed by atoms with van der Waals surface area (Å²) in [5.41, 5.74) is 0.00231. The number of benzene rings is 1. The number of carboxylic acid groups (broad SMARTS) is 1. The van der Waals surface area contributed by atoms with Crippen LogP contribution in [-0.4, -0.2) is 17.6 Å². The molecule has 0 unspecified atom stereocenters. The van der Waals surface area contributed by atoms with E-state index < -0.39 is 5.97 Å². The van der Waals surface area contributed by atoms with Crippen molar-refractivity contribution in [2.75, 3.05) is 0 Å². The van der Waals surface area contributed by atoms with Gasteiger partial charge in [0.15, 0.2) is 0 Å². The predicted molar refractivity (Wildman–Crippen MR) is 35.1 cm³/mol. The first kappa shape index (κ1) is 5.29. The number of para-hydroxylation sites is 1. The van der Waals surface area contributed by atoms with Crippen LogP contribution in [0.25, 0.3) is 0 Å². The highest BCUT2D eigenvalue weighted by Gasteiger charge is 2.05. The minimum Gasteiger partial charge on any atom is -0.507 e. The zero-order valence-corrected chi connectivity index (χ0v) is 5.07. The summed E-state index contributed by atoms with van der Waals surface area (Å²) in [7, 11) is 0. The lowest BCUT2D eigenvalue weighted by Gasteiger charge is -1.95. The predicted octanol–water partition coefficient (Wildman–Crippen LogP) is 1.09. The maximum atomic E-state index is 10.4. The van der Waals surface area contributed by atoms with E-state index in [2.05, 4.69) is 5.11 Å². The third kappa shape index (κ3) is 1.07. The molecule has 3 heteroatoms. The summed E-state index contributed by atoms with van der Waals surface area (Å²) in [6, 6.07) is 5.99. The second-order valence-corrected chi connectivity index (χ2v) is 1.80. The lowest BCUT2D eigenvalue weighted by atomic mass is 10.2. The van der Waals surface area contributed by atoms with Gasteiger partial charge in [0.1, 0.15) is 11.3 Å². The van der Waals surface area contributed by atoms with E-state index in [-0.39, 0.29) is 11.3 Å². The largest absolute Gasteiger partial charge is 0.507 e. The molecule has 1 rings (SSSR count). The summed E-state index contributed by atoms with van der Waals surface area (Å²) in [6.07, 6.45) is 0. The molecule has 0 bridgehead atoms. The molecule has 2 N–H and O–H groups in total. The molecule has 3 nitrogen and oxygen atoms in total. The summed E-state index contributed by atoms with van der Waals surface area (Å²) in [5.74, 6) is -1.03. The molecule has 10 heavy (non-hydrogen) atoms. The van der Waals surface area contributed by atoms with Crippen LogP contribution in [0.3, 0.4) is 0 Å². The molecule has 0 fully saturated rings. The Bertz CT molecular complexity index is 272. The first-order valence-electron chi connectivity index (χ1n) is 3.12. The van der Waals surface area contributed by atoms with Crippen LogP contribution in [0.15, 0.2) is 24.3 Å².